The van der Waals surface area contributed by atoms with Crippen molar-refractivity contribution >= 4 is 17.3 Å². The number of carbonyl (C=O) groups is 1. The Balaban J connectivity index is 2.11. The van der Waals surface area contributed by atoms with Gasteiger partial charge in [0.2, 0.25) is 0 Å². The number of nitrogens with two attached hydrogens (primary N) is 1. The number of aromatic nitrogens is 1. The lowest BCUT2D eigenvalue weighted by Gasteiger charge is -2.34. The van der Waals surface area contributed by atoms with Crippen molar-refractivity contribution in [2.24, 2.45) is 11.7 Å². The Morgan fingerprint density at radius 1 is 1.65 bits per heavy atom. The quantitative estimate of drug-likeness (QED) is 0.866. The molecule has 0 bridgehead atoms. The molecule has 1 saturated carbocycles. The molecule has 0 atom stereocenters. The van der Waals surface area contributed by atoms with Gasteiger partial charge in [0, 0.05) is 5.38 Å². The summed E-state index contributed by atoms with van der Waals surface area (Å²) in [5.74, 6) is -0.102. The number of thiazole rings is 1. The minimum Gasteiger partial charge on any atom is -0.481 e. The van der Waals surface area contributed by atoms with Gasteiger partial charge in [-0.25, -0.2) is 4.98 Å². The molecule has 1 aliphatic rings. The third-order valence-electron chi connectivity index (χ3n) is 3.48. The van der Waals surface area contributed by atoms with Crippen molar-refractivity contribution in [3.63, 3.8) is 0 Å². The molecule has 3 N–H and O–H groups in total. The highest BCUT2D eigenvalue weighted by Gasteiger charge is 2.34. The molecule has 1 aromatic rings. The van der Waals surface area contributed by atoms with Crippen LogP contribution in [0.25, 0.3) is 0 Å². The van der Waals surface area contributed by atoms with E-state index in [9.17, 15) is 4.79 Å². The first kappa shape index (κ1) is 12.5. The Hall–Kier alpha value is -0.940. The van der Waals surface area contributed by atoms with Crippen molar-refractivity contribution in [2.75, 3.05) is 0 Å². The summed E-state index contributed by atoms with van der Waals surface area (Å²) in [5.41, 5.74) is 6.69. The molecule has 0 amide bonds. The summed E-state index contributed by atoms with van der Waals surface area (Å²) >= 11 is 1.50. The van der Waals surface area contributed by atoms with Crippen LogP contribution in [-0.4, -0.2) is 16.1 Å². The van der Waals surface area contributed by atoms with Gasteiger partial charge in [0.05, 0.1) is 17.7 Å². The molecule has 0 spiro atoms. The van der Waals surface area contributed by atoms with Crippen molar-refractivity contribution in [1.29, 1.82) is 0 Å². The number of carboxylic acid groups (broad SMARTS) is 1. The first-order valence-corrected chi connectivity index (χ1v) is 6.83. The van der Waals surface area contributed by atoms with Crippen LogP contribution in [-0.2, 0) is 16.8 Å². The molecule has 1 fully saturated rings. The fraction of sp³-hybridized carbons (Fsp3) is 0.667. The molecular weight excluding hydrogens is 236 g/mol. The molecule has 2 rings (SSSR count). The van der Waals surface area contributed by atoms with Crippen LogP contribution in [0.1, 0.15) is 43.3 Å². The first-order valence-electron chi connectivity index (χ1n) is 5.95. The van der Waals surface area contributed by atoms with Gasteiger partial charge in [-0.1, -0.05) is 6.92 Å². The monoisotopic (exact) mass is 254 g/mol. The molecule has 17 heavy (non-hydrogen) atoms. The van der Waals surface area contributed by atoms with Gasteiger partial charge in [0.15, 0.2) is 0 Å². The average Bonchev–Trinajstić information content (AvgIpc) is 2.71. The Kier molecular flexibility index (Phi) is 3.49. The fourth-order valence-corrected chi connectivity index (χ4v) is 3.26. The highest BCUT2D eigenvalue weighted by molar-refractivity contribution is 7.09. The lowest BCUT2D eigenvalue weighted by atomic mass is 9.78. The van der Waals surface area contributed by atoms with Crippen LogP contribution in [0.2, 0.25) is 0 Å². The van der Waals surface area contributed by atoms with Crippen LogP contribution in [0.15, 0.2) is 5.38 Å². The van der Waals surface area contributed by atoms with Crippen LogP contribution in [0, 0.1) is 5.92 Å². The van der Waals surface area contributed by atoms with Crippen LogP contribution < -0.4 is 5.73 Å². The van der Waals surface area contributed by atoms with Crippen molar-refractivity contribution < 1.29 is 9.90 Å². The molecule has 0 aliphatic heterocycles. The maximum atomic E-state index is 10.6. The van der Waals surface area contributed by atoms with E-state index in [0.29, 0.717) is 5.69 Å². The van der Waals surface area contributed by atoms with Gasteiger partial charge in [-0.15, -0.1) is 11.3 Å². The second-order valence-corrected chi connectivity index (χ2v) is 5.91. The van der Waals surface area contributed by atoms with E-state index < -0.39 is 5.97 Å². The zero-order chi connectivity index (χ0) is 12.5. The van der Waals surface area contributed by atoms with Crippen LogP contribution >= 0.6 is 11.3 Å². The summed E-state index contributed by atoms with van der Waals surface area (Å²) in [6, 6.07) is 0. The predicted octanol–water partition coefficient (Wildman–Crippen LogP) is 2.13. The summed E-state index contributed by atoms with van der Waals surface area (Å²) in [7, 11) is 0. The molecule has 0 aromatic carbocycles. The van der Waals surface area contributed by atoms with Gasteiger partial charge in [0.25, 0.3) is 0 Å². The highest BCUT2D eigenvalue weighted by Crippen LogP contribution is 2.38. The molecule has 94 valence electrons. The standard InChI is InChI=1S/C12H18N2O2S/c1-8-2-4-12(13,5-3-8)11-14-9(7-17-11)6-10(15)16/h7-8H,2-6,13H2,1H3,(H,15,16). The second-order valence-electron chi connectivity index (χ2n) is 5.05. The van der Waals surface area contributed by atoms with Crippen molar-refractivity contribution in [1.82, 2.24) is 4.98 Å². The summed E-state index contributed by atoms with van der Waals surface area (Å²) < 4.78 is 0. The molecular formula is C12H18N2O2S. The molecule has 1 aromatic heterocycles. The Morgan fingerprint density at radius 3 is 2.88 bits per heavy atom. The second kappa shape index (κ2) is 4.74. The number of hydrogen-bond donors (Lipinski definition) is 2. The van der Waals surface area contributed by atoms with E-state index in [4.69, 9.17) is 10.8 Å². The molecule has 5 heteroatoms. The van der Waals surface area contributed by atoms with Crippen LogP contribution in [0.4, 0.5) is 0 Å². The van der Waals surface area contributed by atoms with E-state index in [2.05, 4.69) is 11.9 Å². The molecule has 0 saturated heterocycles. The fourth-order valence-electron chi connectivity index (χ4n) is 2.26. The molecule has 4 nitrogen and oxygen atoms in total. The van der Waals surface area contributed by atoms with Gasteiger partial charge >= 0.3 is 5.97 Å². The predicted molar refractivity (Wildman–Crippen MR) is 67.0 cm³/mol. The van der Waals surface area contributed by atoms with Crippen molar-refractivity contribution in [2.45, 2.75) is 44.6 Å². The Morgan fingerprint density at radius 2 is 2.29 bits per heavy atom. The topological polar surface area (TPSA) is 76.2 Å². The molecule has 0 unspecified atom stereocenters. The summed E-state index contributed by atoms with van der Waals surface area (Å²) in [6.45, 7) is 2.25. The number of carboxylic acids is 1. The van der Waals surface area contributed by atoms with E-state index in [1.807, 2.05) is 5.38 Å². The molecule has 0 radical (unpaired) electrons. The smallest absolute Gasteiger partial charge is 0.309 e. The largest absolute Gasteiger partial charge is 0.481 e. The molecule has 1 heterocycles. The highest BCUT2D eigenvalue weighted by atomic mass is 32.1. The van der Waals surface area contributed by atoms with Crippen molar-refractivity contribution in [3.8, 4) is 0 Å². The number of nitrogens with zero attached hydrogens (tertiary/aromatic N) is 1. The third kappa shape index (κ3) is 2.84. The van der Waals surface area contributed by atoms with Crippen molar-refractivity contribution in [3.05, 3.63) is 16.1 Å². The summed E-state index contributed by atoms with van der Waals surface area (Å²) in [6.07, 6.45) is 4.15. The average molecular weight is 254 g/mol. The van der Waals surface area contributed by atoms with Crippen LogP contribution in [0.3, 0.4) is 0 Å². The van der Waals surface area contributed by atoms with E-state index in [0.717, 1.165) is 36.6 Å². The van der Waals surface area contributed by atoms with Gasteiger partial charge in [0.1, 0.15) is 5.01 Å². The number of aliphatic carboxylic acids is 1. The van der Waals surface area contributed by atoms with Gasteiger partial charge < -0.3 is 10.8 Å². The maximum Gasteiger partial charge on any atom is 0.309 e. The lowest BCUT2D eigenvalue weighted by molar-refractivity contribution is -0.136. The van der Waals surface area contributed by atoms with Gasteiger partial charge in [-0.2, -0.15) is 0 Å². The number of rotatable bonds is 3. The number of hydrogen-bond acceptors (Lipinski definition) is 4. The van der Waals surface area contributed by atoms with E-state index in [1.165, 1.54) is 11.3 Å². The normalized spacial score (nSPS) is 29.2. The third-order valence-corrected chi connectivity index (χ3v) is 4.59. The zero-order valence-electron chi connectivity index (χ0n) is 9.98. The zero-order valence-corrected chi connectivity index (χ0v) is 10.8. The summed E-state index contributed by atoms with van der Waals surface area (Å²) in [5, 5.41) is 11.4. The SMILES string of the molecule is CC1CCC(N)(c2nc(CC(=O)O)cs2)CC1. The van der Waals surface area contributed by atoms with Gasteiger partial charge in [-0.05, 0) is 31.6 Å². The van der Waals surface area contributed by atoms with Gasteiger partial charge in [-0.3, -0.25) is 4.79 Å². The van der Waals surface area contributed by atoms with Crippen LogP contribution in [0.5, 0.6) is 0 Å². The van der Waals surface area contributed by atoms with E-state index in [-0.39, 0.29) is 12.0 Å². The maximum absolute atomic E-state index is 10.6. The summed E-state index contributed by atoms with van der Waals surface area (Å²) in [4.78, 5) is 15.0. The van der Waals surface area contributed by atoms with E-state index in [1.54, 1.807) is 0 Å². The molecule has 1 aliphatic carbocycles. The first-order chi connectivity index (χ1) is 7.99. The van der Waals surface area contributed by atoms with E-state index >= 15 is 0 Å². The minimum absolute atomic E-state index is 0.0109. The Labute approximate surface area is 105 Å². The lowest BCUT2D eigenvalue weighted by Crippen LogP contribution is -2.40. The minimum atomic E-state index is -0.842. The Bertz CT molecular complexity index is 408.